The number of allylic oxidation sites excluding steroid dienone is 5. The molecule has 0 saturated carbocycles. The maximum absolute atomic E-state index is 12.5. The summed E-state index contributed by atoms with van der Waals surface area (Å²) in [6.07, 6.45) is 23.6. The number of nitrogens with one attached hydrogen (secondary N) is 1. The van der Waals surface area contributed by atoms with Gasteiger partial charge in [0, 0.05) is 13.0 Å². The molecule has 210 valence electrons. The van der Waals surface area contributed by atoms with Crippen LogP contribution >= 0.6 is 7.82 Å². The Hall–Kier alpha value is -1.28. The number of phosphoric ester groups is 1. The van der Waals surface area contributed by atoms with Crippen LogP contribution in [0.2, 0.25) is 0 Å². The number of hydrogen-bond acceptors (Lipinski definition) is 6. The first-order chi connectivity index (χ1) is 17.4. The molecule has 0 bridgehead atoms. The summed E-state index contributed by atoms with van der Waals surface area (Å²) in [5, 5.41) is 13.3. The van der Waals surface area contributed by atoms with E-state index >= 15 is 0 Å². The van der Waals surface area contributed by atoms with E-state index in [1.165, 1.54) is 6.42 Å². The van der Waals surface area contributed by atoms with Gasteiger partial charge in [0.05, 0.1) is 25.4 Å². The Morgan fingerprint density at radius 2 is 1.47 bits per heavy atom. The zero-order valence-electron chi connectivity index (χ0n) is 22.5. The molecule has 0 aromatic carbocycles. The third kappa shape index (κ3) is 22.0. The molecule has 8 nitrogen and oxygen atoms in total. The van der Waals surface area contributed by atoms with Crippen LogP contribution in [-0.2, 0) is 18.4 Å². The lowest BCUT2D eigenvalue weighted by molar-refractivity contribution is -0.123. The van der Waals surface area contributed by atoms with E-state index < -0.39 is 20.0 Å². The lowest BCUT2D eigenvalue weighted by Crippen LogP contribution is -2.45. The minimum Gasteiger partial charge on any atom is -0.387 e. The molecule has 0 rings (SSSR count). The van der Waals surface area contributed by atoms with Crippen molar-refractivity contribution in [2.45, 2.75) is 109 Å². The summed E-state index contributed by atoms with van der Waals surface area (Å²) < 4.78 is 21.7. The summed E-state index contributed by atoms with van der Waals surface area (Å²) in [4.78, 5) is 22.2. The molecule has 9 heteroatoms. The topological polar surface area (TPSA) is 131 Å². The van der Waals surface area contributed by atoms with Crippen LogP contribution in [0.3, 0.4) is 0 Å². The second kappa shape index (κ2) is 24.1. The minimum atomic E-state index is -4.32. The highest BCUT2D eigenvalue weighted by molar-refractivity contribution is 7.47. The molecule has 5 N–H and O–H groups in total. The third-order valence-corrected chi connectivity index (χ3v) is 6.38. The fraction of sp³-hybridized carbons (Fsp3) is 0.741. The van der Waals surface area contributed by atoms with Crippen molar-refractivity contribution in [3.8, 4) is 0 Å². The van der Waals surface area contributed by atoms with E-state index in [9.17, 15) is 19.4 Å². The quantitative estimate of drug-likeness (QED) is 0.0715. The number of rotatable bonds is 24. The van der Waals surface area contributed by atoms with Crippen LogP contribution in [0.5, 0.6) is 0 Å². The van der Waals surface area contributed by atoms with Gasteiger partial charge in [0.25, 0.3) is 0 Å². The van der Waals surface area contributed by atoms with Crippen LogP contribution in [0, 0.1) is 0 Å². The number of nitrogens with two attached hydrogens (primary N) is 1. The predicted octanol–water partition coefficient (Wildman–Crippen LogP) is 5.70. The molecule has 0 aliphatic rings. The molecular formula is C27H51N2O6P. The van der Waals surface area contributed by atoms with Crippen molar-refractivity contribution in [2.75, 3.05) is 19.8 Å². The molecule has 0 aromatic rings. The minimum absolute atomic E-state index is 0.0711. The molecule has 0 heterocycles. The Morgan fingerprint density at radius 3 is 2.14 bits per heavy atom. The van der Waals surface area contributed by atoms with E-state index in [1.54, 1.807) is 6.08 Å². The maximum Gasteiger partial charge on any atom is 0.472 e. The highest BCUT2D eigenvalue weighted by atomic mass is 31.2. The van der Waals surface area contributed by atoms with Gasteiger partial charge in [0.2, 0.25) is 5.91 Å². The summed E-state index contributed by atoms with van der Waals surface area (Å²) in [6, 6.07) is -0.874. The molecule has 3 atom stereocenters. The SMILES string of the molecule is CCC/C=C\CCCCCCCC(=O)NC(COP(=O)(O)OCCN)C(O)/C=C/CC/C=C/CCC. The smallest absolute Gasteiger partial charge is 0.387 e. The molecule has 1 amide bonds. The van der Waals surface area contributed by atoms with Crippen LogP contribution in [0.4, 0.5) is 0 Å². The Kier molecular flexibility index (Phi) is 23.2. The lowest BCUT2D eigenvalue weighted by atomic mass is 10.1. The summed E-state index contributed by atoms with van der Waals surface area (Å²) in [5.74, 6) is -0.225. The second-order valence-electron chi connectivity index (χ2n) is 8.88. The molecule has 0 fully saturated rings. The van der Waals surface area contributed by atoms with Crippen molar-refractivity contribution in [2.24, 2.45) is 5.73 Å². The van der Waals surface area contributed by atoms with Gasteiger partial charge in [0.1, 0.15) is 0 Å². The van der Waals surface area contributed by atoms with Crippen LogP contribution in [0.15, 0.2) is 36.5 Å². The lowest BCUT2D eigenvalue weighted by Gasteiger charge is -2.23. The van der Waals surface area contributed by atoms with Gasteiger partial charge >= 0.3 is 7.82 Å². The van der Waals surface area contributed by atoms with Gasteiger partial charge in [-0.2, -0.15) is 0 Å². The molecule has 0 aliphatic heterocycles. The maximum atomic E-state index is 12.5. The van der Waals surface area contributed by atoms with Gasteiger partial charge in [-0.05, 0) is 44.9 Å². The van der Waals surface area contributed by atoms with Gasteiger partial charge in [-0.3, -0.25) is 13.8 Å². The van der Waals surface area contributed by atoms with Crippen molar-refractivity contribution in [3.05, 3.63) is 36.5 Å². The predicted molar refractivity (Wildman–Crippen MR) is 148 cm³/mol. The second-order valence-corrected chi connectivity index (χ2v) is 10.3. The van der Waals surface area contributed by atoms with E-state index in [0.717, 1.165) is 70.6 Å². The number of aliphatic hydroxyl groups is 1. The van der Waals surface area contributed by atoms with Gasteiger partial charge < -0.3 is 21.1 Å². The number of amides is 1. The Balaban J connectivity index is 4.56. The molecule has 36 heavy (non-hydrogen) atoms. The monoisotopic (exact) mass is 530 g/mol. The largest absolute Gasteiger partial charge is 0.472 e. The molecule has 0 saturated heterocycles. The van der Waals surface area contributed by atoms with Gasteiger partial charge in [-0.15, -0.1) is 0 Å². The molecule has 0 spiro atoms. The molecule has 0 radical (unpaired) electrons. The fourth-order valence-electron chi connectivity index (χ4n) is 3.33. The Morgan fingerprint density at radius 1 is 0.889 bits per heavy atom. The van der Waals surface area contributed by atoms with Gasteiger partial charge in [0.15, 0.2) is 0 Å². The van der Waals surface area contributed by atoms with Crippen molar-refractivity contribution in [1.29, 1.82) is 0 Å². The normalized spacial score (nSPS) is 15.6. The zero-order chi connectivity index (χ0) is 26.9. The van der Waals surface area contributed by atoms with E-state index in [2.05, 4.69) is 43.5 Å². The van der Waals surface area contributed by atoms with Gasteiger partial charge in [-0.25, -0.2) is 4.57 Å². The van der Waals surface area contributed by atoms with Crippen molar-refractivity contribution in [1.82, 2.24) is 5.32 Å². The summed E-state index contributed by atoms with van der Waals surface area (Å²) in [6.45, 7) is 3.87. The van der Waals surface area contributed by atoms with Crippen molar-refractivity contribution < 1.29 is 28.4 Å². The molecule has 0 aliphatic carbocycles. The van der Waals surface area contributed by atoms with Crippen LogP contribution in [0.25, 0.3) is 0 Å². The first-order valence-electron chi connectivity index (χ1n) is 13.6. The number of phosphoric acid groups is 1. The average molecular weight is 531 g/mol. The highest BCUT2D eigenvalue weighted by Gasteiger charge is 2.26. The molecular weight excluding hydrogens is 479 g/mol. The number of unbranched alkanes of at least 4 members (excludes halogenated alkanes) is 8. The van der Waals surface area contributed by atoms with Crippen LogP contribution in [-0.4, -0.2) is 47.8 Å². The van der Waals surface area contributed by atoms with Crippen LogP contribution < -0.4 is 11.1 Å². The first kappa shape index (κ1) is 34.7. The summed E-state index contributed by atoms with van der Waals surface area (Å²) >= 11 is 0. The van der Waals surface area contributed by atoms with Crippen molar-refractivity contribution in [3.63, 3.8) is 0 Å². The molecule has 0 aromatic heterocycles. The number of carbonyl (C=O) groups is 1. The number of aliphatic hydroxyl groups excluding tert-OH is 1. The first-order valence-corrected chi connectivity index (χ1v) is 15.1. The molecule has 3 unspecified atom stereocenters. The summed E-state index contributed by atoms with van der Waals surface area (Å²) in [7, 11) is -4.32. The third-order valence-electron chi connectivity index (χ3n) is 5.40. The van der Waals surface area contributed by atoms with E-state index in [0.29, 0.717) is 6.42 Å². The Bertz CT molecular complexity index is 669. The van der Waals surface area contributed by atoms with Crippen molar-refractivity contribution >= 4 is 13.7 Å². The highest BCUT2D eigenvalue weighted by Crippen LogP contribution is 2.43. The van der Waals surface area contributed by atoms with Crippen LogP contribution in [0.1, 0.15) is 97.3 Å². The number of hydrogen-bond donors (Lipinski definition) is 4. The summed E-state index contributed by atoms with van der Waals surface area (Å²) in [5.41, 5.74) is 5.29. The number of carbonyl (C=O) groups excluding carboxylic acids is 1. The standard InChI is InChI=1S/C27H51N2O6P/c1-3-5-7-9-11-12-13-15-17-19-21-27(31)29-25(24-35-36(32,33)34-23-22-28)26(30)20-18-16-14-10-8-6-4-2/h7-10,18,20,25-26,30H,3-6,11-17,19,21-24,28H2,1-2H3,(H,29,31)(H,32,33)/b9-7-,10-8+,20-18+. The Labute approximate surface area is 219 Å². The van der Waals surface area contributed by atoms with E-state index in [-0.39, 0.29) is 25.7 Å². The van der Waals surface area contributed by atoms with Gasteiger partial charge in [-0.1, -0.05) is 82.4 Å². The van der Waals surface area contributed by atoms with E-state index in [4.69, 9.17) is 14.8 Å². The fourth-order valence-corrected chi connectivity index (χ4v) is 4.09. The zero-order valence-corrected chi connectivity index (χ0v) is 23.4. The van der Waals surface area contributed by atoms with E-state index in [1.807, 2.05) is 6.08 Å². The average Bonchev–Trinajstić information content (AvgIpc) is 2.85.